The number of rotatable bonds is 3. The summed E-state index contributed by atoms with van der Waals surface area (Å²) in [6.07, 6.45) is 0. The van der Waals surface area contributed by atoms with Crippen LogP contribution in [0.25, 0.3) is 72.2 Å². The summed E-state index contributed by atoms with van der Waals surface area (Å²) in [5, 5.41) is 13.4. The molecule has 5 aromatic carbocycles. The van der Waals surface area contributed by atoms with Gasteiger partial charge in [-0.05, 0) is 48.5 Å². The van der Waals surface area contributed by atoms with Crippen LogP contribution in [0.1, 0.15) is 5.56 Å². The molecular weight excluding hydrogens is 492 g/mol. The monoisotopic (exact) mass is 512 g/mol. The number of furan rings is 1. The van der Waals surface area contributed by atoms with Gasteiger partial charge in [-0.25, -0.2) is 9.97 Å². The number of para-hydroxylation sites is 3. The molecule has 0 saturated carbocycles. The minimum Gasteiger partial charge on any atom is -0.454 e. The van der Waals surface area contributed by atoms with E-state index in [1.165, 1.54) is 0 Å². The Kier molecular flexibility index (Phi) is 4.82. The Morgan fingerprint density at radius 2 is 1.38 bits per heavy atom. The third-order valence-electron chi connectivity index (χ3n) is 7.45. The van der Waals surface area contributed by atoms with Crippen molar-refractivity contribution in [3.8, 4) is 34.4 Å². The zero-order valence-corrected chi connectivity index (χ0v) is 21.2. The van der Waals surface area contributed by atoms with Gasteiger partial charge in [0.25, 0.3) is 0 Å². The second-order valence-electron chi connectivity index (χ2n) is 9.75. The van der Waals surface area contributed by atoms with Gasteiger partial charge in [0, 0.05) is 27.3 Å². The first-order valence-corrected chi connectivity index (χ1v) is 13.1. The van der Waals surface area contributed by atoms with E-state index >= 15 is 0 Å². The van der Waals surface area contributed by atoms with Gasteiger partial charge in [-0.15, -0.1) is 0 Å². The molecule has 0 saturated heterocycles. The van der Waals surface area contributed by atoms with Gasteiger partial charge >= 0.3 is 0 Å². The molecule has 0 aliphatic carbocycles. The van der Waals surface area contributed by atoms with Gasteiger partial charge in [0.05, 0.1) is 28.0 Å². The van der Waals surface area contributed by atoms with Crippen LogP contribution < -0.4 is 0 Å². The van der Waals surface area contributed by atoms with Crippen LogP contribution in [-0.2, 0) is 0 Å². The highest BCUT2D eigenvalue weighted by Crippen LogP contribution is 2.40. The number of fused-ring (bicyclic) bond motifs is 6. The first-order chi connectivity index (χ1) is 19.8. The van der Waals surface area contributed by atoms with Crippen LogP contribution in [0.3, 0.4) is 0 Å². The molecule has 0 N–H and O–H groups in total. The molecule has 5 heteroatoms. The van der Waals surface area contributed by atoms with Crippen molar-refractivity contribution in [3.63, 3.8) is 0 Å². The number of nitriles is 1. The lowest BCUT2D eigenvalue weighted by Crippen LogP contribution is -2.00. The average Bonchev–Trinajstić information content (AvgIpc) is 3.55. The minimum atomic E-state index is 0.531. The molecule has 40 heavy (non-hydrogen) atoms. The van der Waals surface area contributed by atoms with Crippen LogP contribution in [0.2, 0.25) is 0 Å². The van der Waals surface area contributed by atoms with Crippen molar-refractivity contribution in [3.05, 3.63) is 127 Å². The van der Waals surface area contributed by atoms with Crippen molar-refractivity contribution in [1.29, 1.82) is 5.26 Å². The molecule has 3 heterocycles. The third-order valence-corrected chi connectivity index (χ3v) is 7.45. The van der Waals surface area contributed by atoms with E-state index < -0.39 is 0 Å². The summed E-state index contributed by atoms with van der Waals surface area (Å²) in [5.74, 6) is 0.580. The number of aromatic nitrogens is 3. The first-order valence-electron chi connectivity index (χ1n) is 13.1. The molecule has 5 nitrogen and oxygen atoms in total. The lowest BCUT2D eigenvalue weighted by molar-refractivity contribution is 0.673. The summed E-state index contributed by atoms with van der Waals surface area (Å²) in [4.78, 5) is 9.89. The molecule has 0 bridgehead atoms. The number of benzene rings is 5. The molecule has 3 aromatic heterocycles. The molecule has 186 valence electrons. The van der Waals surface area contributed by atoms with Gasteiger partial charge in [0.2, 0.25) is 0 Å². The summed E-state index contributed by atoms with van der Waals surface area (Å²) >= 11 is 0. The fourth-order valence-electron chi connectivity index (χ4n) is 5.65. The Labute approximate surface area is 229 Å². The van der Waals surface area contributed by atoms with Gasteiger partial charge in [-0.3, -0.25) is 0 Å². The summed E-state index contributed by atoms with van der Waals surface area (Å²) in [6.45, 7) is 0. The molecule has 0 unspecified atom stereocenters. The Morgan fingerprint density at radius 1 is 0.650 bits per heavy atom. The number of hydrogen-bond donors (Lipinski definition) is 0. The molecular formula is C35H20N4O. The molecule has 0 spiro atoms. The number of hydrogen-bond acceptors (Lipinski definition) is 4. The highest BCUT2D eigenvalue weighted by molar-refractivity contribution is 6.16. The largest absolute Gasteiger partial charge is 0.454 e. The third kappa shape index (κ3) is 3.27. The summed E-state index contributed by atoms with van der Waals surface area (Å²) in [6, 6.07) is 42.6. The Morgan fingerprint density at radius 3 is 2.23 bits per heavy atom. The van der Waals surface area contributed by atoms with Gasteiger partial charge in [-0.1, -0.05) is 72.8 Å². The van der Waals surface area contributed by atoms with Crippen molar-refractivity contribution in [1.82, 2.24) is 14.5 Å². The lowest BCUT2D eigenvalue weighted by atomic mass is 10.0. The molecule has 8 aromatic rings. The fourth-order valence-corrected chi connectivity index (χ4v) is 5.65. The van der Waals surface area contributed by atoms with E-state index in [0.717, 1.165) is 66.4 Å². The second kappa shape index (κ2) is 8.65. The van der Waals surface area contributed by atoms with Gasteiger partial charge in [0.1, 0.15) is 17.2 Å². The smallest absolute Gasteiger partial charge is 0.161 e. The van der Waals surface area contributed by atoms with Gasteiger partial charge in [0.15, 0.2) is 11.4 Å². The van der Waals surface area contributed by atoms with Crippen LogP contribution in [0.4, 0.5) is 0 Å². The van der Waals surface area contributed by atoms with Gasteiger partial charge < -0.3 is 8.98 Å². The van der Waals surface area contributed by atoms with E-state index in [-0.39, 0.29) is 0 Å². The zero-order chi connectivity index (χ0) is 26.6. The highest BCUT2D eigenvalue weighted by atomic mass is 16.3. The maximum absolute atomic E-state index is 10.4. The van der Waals surface area contributed by atoms with Gasteiger partial charge in [-0.2, -0.15) is 5.26 Å². The van der Waals surface area contributed by atoms with E-state index in [4.69, 9.17) is 14.4 Å². The normalized spacial score (nSPS) is 11.5. The predicted octanol–water partition coefficient (Wildman–Crippen LogP) is 8.68. The Bertz CT molecular complexity index is 2280. The number of nitrogens with zero attached hydrogens (tertiary/aromatic N) is 4. The van der Waals surface area contributed by atoms with Crippen molar-refractivity contribution >= 4 is 43.9 Å². The quantitative estimate of drug-likeness (QED) is 0.237. The molecule has 0 radical (unpaired) electrons. The van der Waals surface area contributed by atoms with Crippen LogP contribution in [0.5, 0.6) is 0 Å². The van der Waals surface area contributed by atoms with E-state index in [9.17, 15) is 5.26 Å². The van der Waals surface area contributed by atoms with Crippen LogP contribution in [0.15, 0.2) is 126 Å². The minimum absolute atomic E-state index is 0.531. The van der Waals surface area contributed by atoms with E-state index in [1.807, 2.05) is 91.0 Å². The van der Waals surface area contributed by atoms with Crippen LogP contribution >= 0.6 is 0 Å². The standard InChI is InChI=1S/C35H20N4O/c36-21-24-20-23(35-37-28-15-7-4-12-25(28)32(38-35)22-10-2-1-3-11-22)18-19-29(24)39-30-16-8-5-13-26(30)34-33(39)27-14-6-9-17-31(27)40-34/h1-20H. The Hall–Kier alpha value is -5.73. The van der Waals surface area contributed by atoms with Crippen molar-refractivity contribution < 1.29 is 4.42 Å². The topological polar surface area (TPSA) is 67.6 Å². The van der Waals surface area contributed by atoms with E-state index in [2.05, 4.69) is 41.0 Å². The fraction of sp³-hybridized carbons (Fsp3) is 0. The lowest BCUT2D eigenvalue weighted by Gasteiger charge is -2.12. The molecule has 0 aliphatic rings. The van der Waals surface area contributed by atoms with E-state index in [0.29, 0.717) is 11.4 Å². The Balaban J connectivity index is 1.37. The molecule has 0 amide bonds. The molecule has 0 fully saturated rings. The van der Waals surface area contributed by atoms with Crippen molar-refractivity contribution in [2.24, 2.45) is 0 Å². The van der Waals surface area contributed by atoms with E-state index in [1.54, 1.807) is 0 Å². The maximum atomic E-state index is 10.4. The molecule has 0 aliphatic heterocycles. The maximum Gasteiger partial charge on any atom is 0.161 e. The second-order valence-corrected chi connectivity index (χ2v) is 9.75. The molecule has 8 rings (SSSR count). The highest BCUT2D eigenvalue weighted by Gasteiger charge is 2.21. The summed E-state index contributed by atoms with van der Waals surface area (Å²) in [5.41, 5.74) is 8.42. The SMILES string of the molecule is N#Cc1cc(-c2nc(-c3ccccc3)c3ccccc3n2)ccc1-n1c2ccccc2c2oc3ccccc3c21. The van der Waals surface area contributed by atoms with Crippen molar-refractivity contribution in [2.75, 3.05) is 0 Å². The summed E-state index contributed by atoms with van der Waals surface area (Å²) in [7, 11) is 0. The first kappa shape index (κ1) is 22.3. The van der Waals surface area contributed by atoms with Crippen LogP contribution in [-0.4, -0.2) is 14.5 Å². The van der Waals surface area contributed by atoms with Crippen LogP contribution in [0, 0.1) is 11.3 Å². The zero-order valence-electron chi connectivity index (χ0n) is 21.2. The predicted molar refractivity (Wildman–Crippen MR) is 159 cm³/mol. The van der Waals surface area contributed by atoms with Crippen molar-refractivity contribution in [2.45, 2.75) is 0 Å². The molecule has 0 atom stereocenters. The summed E-state index contributed by atoms with van der Waals surface area (Å²) < 4.78 is 8.44. The average molecular weight is 513 g/mol.